The molecular weight excluding hydrogens is 769 g/mol. The van der Waals surface area contributed by atoms with Crippen molar-refractivity contribution in [2.75, 3.05) is 16.5 Å². The van der Waals surface area contributed by atoms with Crippen LogP contribution in [-0.2, 0) is 10.8 Å². The molecule has 0 spiro atoms. The van der Waals surface area contributed by atoms with Gasteiger partial charge in [-0.05, 0) is 113 Å². The van der Waals surface area contributed by atoms with Crippen LogP contribution in [0.3, 0.4) is 0 Å². The van der Waals surface area contributed by atoms with Crippen molar-refractivity contribution < 1.29 is 18.4 Å². The number of fused-ring (bicyclic) bond motifs is 4. The van der Waals surface area contributed by atoms with Crippen LogP contribution < -0.4 is 14.5 Å². The number of aromatic nitrogens is 2. The molecule has 0 bridgehead atoms. The predicted octanol–water partition coefficient (Wildman–Crippen LogP) is 15.8. The Labute approximate surface area is 385 Å². The summed E-state index contributed by atoms with van der Waals surface area (Å²) in [6.45, 7) is 16.7. The number of pyridine rings is 1. The summed E-state index contributed by atoms with van der Waals surface area (Å²) in [5.74, 6) is 2.00. The Bertz CT molecular complexity index is 3630. The molecule has 5 heteroatoms. The zero-order valence-electron chi connectivity index (χ0n) is 46.8. The largest absolute Gasteiger partial charge is 0.457 e. The molecule has 0 unspecified atom stereocenters. The van der Waals surface area contributed by atoms with Gasteiger partial charge in [0.15, 0.2) is 0 Å². The first-order valence-electron chi connectivity index (χ1n) is 26.2. The first-order valence-corrected chi connectivity index (χ1v) is 21.2. The van der Waals surface area contributed by atoms with E-state index in [0.717, 1.165) is 50.1 Å². The fourth-order valence-corrected chi connectivity index (χ4v) is 8.88. The summed E-state index contributed by atoms with van der Waals surface area (Å²) in [4.78, 5) is 8.94. The van der Waals surface area contributed by atoms with E-state index in [1.807, 2.05) is 65.7 Å². The molecule has 0 radical (unpaired) electrons. The molecule has 0 saturated heterocycles. The van der Waals surface area contributed by atoms with Crippen molar-refractivity contribution in [1.82, 2.24) is 9.55 Å². The minimum absolute atomic E-state index is 0.0674. The third-order valence-electron chi connectivity index (χ3n) is 12.0. The van der Waals surface area contributed by atoms with Crippen molar-refractivity contribution in [1.29, 1.82) is 0 Å². The van der Waals surface area contributed by atoms with Crippen LogP contribution in [0.25, 0.3) is 49.9 Å². The Hall–Kier alpha value is -7.11. The number of rotatable bonds is 7. The van der Waals surface area contributed by atoms with Crippen LogP contribution in [0.15, 0.2) is 170 Å². The third kappa shape index (κ3) is 7.21. The van der Waals surface area contributed by atoms with E-state index in [1.54, 1.807) is 19.9 Å². The van der Waals surface area contributed by atoms with Crippen LogP contribution >= 0.6 is 0 Å². The Morgan fingerprint density at radius 2 is 1.16 bits per heavy atom. The standard InChI is InChI=1S/C58H54N4O/c1-38-31-39(2)55(41-21-13-10-14-22-41)56(54(38)40-19-11-9-12-20-40)61-37-60(50-25-17-18-26-51(50)61)44-32-43(58(6,7)8)33-46(35-44)63-45-27-28-48-47-23-15-16-24-49(47)62(52(48)36-45)53-34-42(29-30-59-53)57(3,4)5/h9-36H,37H2,1-8H3/i9D,10D,11D,12D,13D,14D,19D,20D,21D,22D. The van der Waals surface area contributed by atoms with Crippen molar-refractivity contribution >= 4 is 44.6 Å². The smallest absolute Gasteiger partial charge is 0.137 e. The van der Waals surface area contributed by atoms with E-state index in [1.165, 1.54) is 0 Å². The molecule has 0 saturated carbocycles. The highest BCUT2D eigenvalue weighted by atomic mass is 16.5. The van der Waals surface area contributed by atoms with E-state index in [4.69, 9.17) is 17.9 Å². The zero-order chi connectivity index (χ0) is 52.3. The van der Waals surface area contributed by atoms with Gasteiger partial charge in [-0.2, -0.15) is 0 Å². The summed E-state index contributed by atoms with van der Waals surface area (Å²) in [7, 11) is 0. The van der Waals surface area contributed by atoms with E-state index in [9.17, 15) is 5.48 Å². The number of anilines is 4. The monoisotopic (exact) mass is 832 g/mol. The van der Waals surface area contributed by atoms with Gasteiger partial charge in [0.25, 0.3) is 0 Å². The first kappa shape index (κ1) is 30.0. The lowest BCUT2D eigenvalue weighted by atomic mass is 9.86. The average Bonchev–Trinajstić information content (AvgIpc) is 3.90. The maximum absolute atomic E-state index is 9.24. The highest BCUT2D eigenvalue weighted by Gasteiger charge is 2.33. The zero-order valence-corrected chi connectivity index (χ0v) is 36.8. The number of hydrogen-bond donors (Lipinski definition) is 0. The lowest BCUT2D eigenvalue weighted by molar-refractivity contribution is 0.479. The molecule has 0 fully saturated rings. The molecule has 5 nitrogen and oxygen atoms in total. The fourth-order valence-electron chi connectivity index (χ4n) is 8.88. The van der Waals surface area contributed by atoms with Crippen LogP contribution in [-0.4, -0.2) is 16.2 Å². The van der Waals surface area contributed by atoms with Crippen molar-refractivity contribution in [2.24, 2.45) is 0 Å². The second-order valence-corrected chi connectivity index (χ2v) is 18.3. The predicted molar refractivity (Wildman–Crippen MR) is 265 cm³/mol. The van der Waals surface area contributed by atoms with Crippen LogP contribution in [0, 0.1) is 13.8 Å². The lowest BCUT2D eigenvalue weighted by Crippen LogP contribution is -2.25. The number of para-hydroxylation sites is 3. The van der Waals surface area contributed by atoms with E-state index < -0.39 is 60.4 Å². The molecule has 2 aromatic heterocycles. The molecule has 9 aromatic rings. The summed E-state index contributed by atoms with van der Waals surface area (Å²) >= 11 is 0. The molecule has 1 aliphatic rings. The Kier molecular flexibility index (Phi) is 7.32. The van der Waals surface area contributed by atoms with Gasteiger partial charge in [-0.1, -0.05) is 138 Å². The van der Waals surface area contributed by atoms with Crippen molar-refractivity contribution in [3.63, 3.8) is 0 Å². The van der Waals surface area contributed by atoms with Gasteiger partial charge in [-0.3, -0.25) is 4.57 Å². The van der Waals surface area contributed by atoms with E-state index in [-0.39, 0.29) is 39.8 Å². The van der Waals surface area contributed by atoms with Gasteiger partial charge < -0.3 is 14.5 Å². The van der Waals surface area contributed by atoms with E-state index in [0.29, 0.717) is 34.0 Å². The minimum atomic E-state index is -0.546. The van der Waals surface area contributed by atoms with Crippen LogP contribution in [0.5, 0.6) is 11.5 Å². The fraction of sp³-hybridized carbons (Fsp3) is 0.190. The Balaban J connectivity index is 1.17. The Morgan fingerprint density at radius 1 is 0.556 bits per heavy atom. The average molecular weight is 833 g/mol. The maximum atomic E-state index is 9.24. The number of aryl methyl sites for hydroxylation is 2. The highest BCUT2D eigenvalue weighted by molar-refractivity contribution is 6.09. The minimum Gasteiger partial charge on any atom is -0.457 e. The number of nitrogens with zero attached hydrogens (tertiary/aromatic N) is 4. The van der Waals surface area contributed by atoms with Crippen LogP contribution in [0.2, 0.25) is 0 Å². The molecule has 3 heterocycles. The molecule has 0 atom stereocenters. The van der Waals surface area contributed by atoms with Gasteiger partial charge in [0.1, 0.15) is 24.0 Å². The van der Waals surface area contributed by atoms with Crippen molar-refractivity contribution in [3.05, 3.63) is 192 Å². The van der Waals surface area contributed by atoms with Crippen molar-refractivity contribution in [3.8, 4) is 39.6 Å². The van der Waals surface area contributed by atoms with Gasteiger partial charge in [0, 0.05) is 45.9 Å². The molecule has 0 amide bonds. The van der Waals surface area contributed by atoms with Gasteiger partial charge >= 0.3 is 0 Å². The normalized spacial score (nSPS) is 15.2. The highest BCUT2D eigenvalue weighted by Crippen LogP contribution is 2.52. The summed E-state index contributed by atoms with van der Waals surface area (Å²) in [6.07, 6.45) is 1.86. The van der Waals surface area contributed by atoms with Crippen LogP contribution in [0.4, 0.5) is 22.7 Å². The molecule has 0 N–H and O–H groups in total. The number of benzene rings is 7. The van der Waals surface area contributed by atoms with Gasteiger partial charge in [0.05, 0.1) is 41.8 Å². The molecule has 7 aromatic carbocycles. The van der Waals surface area contributed by atoms with Crippen molar-refractivity contribution in [2.45, 2.75) is 66.2 Å². The molecular formula is C58H54N4O. The second kappa shape index (κ2) is 15.4. The van der Waals surface area contributed by atoms with Crippen LogP contribution in [0.1, 0.15) is 77.5 Å². The molecule has 10 rings (SSSR count). The van der Waals surface area contributed by atoms with Gasteiger partial charge in [0.2, 0.25) is 0 Å². The molecule has 1 aliphatic heterocycles. The van der Waals surface area contributed by atoms with Gasteiger partial charge in [-0.15, -0.1) is 0 Å². The summed E-state index contributed by atoms with van der Waals surface area (Å²) in [6, 6.07) is 29.4. The third-order valence-corrected chi connectivity index (χ3v) is 12.0. The first-order chi connectivity index (χ1) is 34.5. The topological polar surface area (TPSA) is 33.5 Å². The summed E-state index contributed by atoms with van der Waals surface area (Å²) < 4.78 is 98.0. The quantitative estimate of drug-likeness (QED) is 0.160. The molecule has 63 heavy (non-hydrogen) atoms. The van der Waals surface area contributed by atoms with E-state index >= 15 is 0 Å². The molecule has 312 valence electrons. The summed E-state index contributed by atoms with van der Waals surface area (Å²) in [5, 5.41) is 2.15. The summed E-state index contributed by atoms with van der Waals surface area (Å²) in [5.41, 5.74) is 7.79. The lowest BCUT2D eigenvalue weighted by Gasteiger charge is -2.30. The molecule has 0 aliphatic carbocycles. The SMILES string of the molecule is [2H]c1c([2H])c([2H])c(-c2c(C)cc(C)c(-c3c([2H])c([2H])c([2H])c([2H])c3[2H])c2N2CN(c3cc(Oc4ccc5c6ccccc6n(-c6cc(C(C)(C)C)ccn6)c5c4)cc(C(C)(C)C)c3)c3ccccc32)c([2H])c1[2H]. The van der Waals surface area contributed by atoms with Gasteiger partial charge in [-0.25, -0.2) is 4.98 Å². The Morgan fingerprint density at radius 3 is 1.81 bits per heavy atom. The maximum Gasteiger partial charge on any atom is 0.137 e. The number of hydrogen-bond acceptors (Lipinski definition) is 4. The number of ether oxygens (including phenoxy) is 1. The second-order valence-electron chi connectivity index (χ2n) is 18.3. The van der Waals surface area contributed by atoms with E-state index in [2.05, 4.69) is 93.5 Å².